The number of nitrogens with zero attached hydrogens (tertiary/aromatic N) is 3. The van der Waals surface area contributed by atoms with Crippen molar-refractivity contribution < 1.29 is 4.74 Å². The fourth-order valence-corrected chi connectivity index (χ4v) is 2.94. The molecule has 1 N–H and O–H groups in total. The van der Waals surface area contributed by atoms with Gasteiger partial charge in [-0.25, -0.2) is 4.98 Å². The summed E-state index contributed by atoms with van der Waals surface area (Å²) in [7, 11) is 0. The predicted octanol–water partition coefficient (Wildman–Crippen LogP) is 3.94. The van der Waals surface area contributed by atoms with Crippen molar-refractivity contribution in [3.8, 4) is 5.75 Å². The van der Waals surface area contributed by atoms with Crippen LogP contribution in [-0.2, 0) is 19.7 Å². The maximum absolute atomic E-state index is 6.17. The summed E-state index contributed by atoms with van der Waals surface area (Å²) < 4.78 is 8.06. The van der Waals surface area contributed by atoms with Crippen molar-refractivity contribution in [3.05, 3.63) is 77.6 Å². The Balaban J connectivity index is 1.53. The van der Waals surface area contributed by atoms with E-state index in [9.17, 15) is 0 Å². The van der Waals surface area contributed by atoms with E-state index >= 15 is 0 Å². The van der Waals surface area contributed by atoms with E-state index in [1.54, 1.807) is 12.4 Å². The lowest BCUT2D eigenvalue weighted by molar-refractivity contribution is 0.301. The van der Waals surface area contributed by atoms with Crippen molar-refractivity contribution in [1.29, 1.82) is 0 Å². The number of pyridine rings is 1. The number of rotatable bonds is 9. The van der Waals surface area contributed by atoms with Crippen LogP contribution in [0.2, 0.25) is 5.02 Å². The molecule has 3 aromatic rings. The summed E-state index contributed by atoms with van der Waals surface area (Å²) in [6, 6.07) is 9.63. The Hall–Kier alpha value is -2.37. The molecule has 0 aliphatic heterocycles. The van der Waals surface area contributed by atoms with Gasteiger partial charge in [-0.3, -0.25) is 4.98 Å². The van der Waals surface area contributed by atoms with E-state index in [0.717, 1.165) is 30.0 Å². The lowest BCUT2D eigenvalue weighted by Crippen LogP contribution is -2.23. The minimum absolute atomic E-state index is 0.486. The fourth-order valence-electron chi connectivity index (χ4n) is 2.74. The first-order valence-electron chi connectivity index (χ1n) is 8.67. The molecule has 5 nitrogen and oxygen atoms in total. The highest BCUT2D eigenvalue weighted by atomic mass is 35.5. The molecule has 2 aromatic heterocycles. The number of ether oxygens (including phenoxy) is 1. The van der Waals surface area contributed by atoms with Crippen LogP contribution in [-0.4, -0.2) is 21.1 Å². The maximum atomic E-state index is 6.17. The first-order chi connectivity index (χ1) is 12.7. The lowest BCUT2D eigenvalue weighted by atomic mass is 10.1. The highest BCUT2D eigenvalue weighted by Gasteiger charge is 2.08. The minimum atomic E-state index is 0.486. The monoisotopic (exact) mass is 370 g/mol. The quantitative estimate of drug-likeness (QED) is 0.620. The molecule has 0 aliphatic carbocycles. The summed E-state index contributed by atoms with van der Waals surface area (Å²) in [6.07, 6.45) is 9.20. The highest BCUT2D eigenvalue weighted by Crippen LogP contribution is 2.24. The van der Waals surface area contributed by atoms with Crippen molar-refractivity contribution in [2.45, 2.75) is 26.6 Å². The Morgan fingerprint density at radius 3 is 2.92 bits per heavy atom. The van der Waals surface area contributed by atoms with Crippen LogP contribution in [0.4, 0.5) is 0 Å². The molecular formula is C20H23ClN4O. The molecule has 1 atom stereocenters. The Labute approximate surface area is 159 Å². The van der Waals surface area contributed by atoms with Gasteiger partial charge in [-0.05, 0) is 36.7 Å². The van der Waals surface area contributed by atoms with Crippen LogP contribution < -0.4 is 10.1 Å². The molecule has 2 heterocycles. The van der Waals surface area contributed by atoms with E-state index < -0.39 is 0 Å². The number of nitrogens with one attached hydrogen (secondary N) is 1. The molecule has 136 valence electrons. The Morgan fingerprint density at radius 2 is 2.15 bits per heavy atom. The van der Waals surface area contributed by atoms with E-state index in [2.05, 4.69) is 26.8 Å². The molecule has 0 saturated carbocycles. The van der Waals surface area contributed by atoms with Gasteiger partial charge in [-0.2, -0.15) is 0 Å². The fraction of sp³-hybridized carbons (Fsp3) is 0.300. The Morgan fingerprint density at radius 1 is 1.23 bits per heavy atom. The van der Waals surface area contributed by atoms with Gasteiger partial charge in [0.05, 0.1) is 6.33 Å². The second-order valence-corrected chi connectivity index (χ2v) is 6.83. The van der Waals surface area contributed by atoms with Crippen LogP contribution in [0.1, 0.15) is 18.1 Å². The van der Waals surface area contributed by atoms with Crippen molar-refractivity contribution in [3.63, 3.8) is 0 Å². The van der Waals surface area contributed by atoms with Crippen LogP contribution in [0, 0.1) is 5.92 Å². The highest BCUT2D eigenvalue weighted by molar-refractivity contribution is 6.30. The summed E-state index contributed by atoms with van der Waals surface area (Å²) in [5.74, 6) is 1.33. The predicted molar refractivity (Wildman–Crippen MR) is 103 cm³/mol. The number of hydrogen-bond donors (Lipinski definition) is 1. The van der Waals surface area contributed by atoms with Crippen LogP contribution in [0.5, 0.6) is 5.75 Å². The third kappa shape index (κ3) is 5.58. The van der Waals surface area contributed by atoms with Crippen molar-refractivity contribution >= 4 is 11.6 Å². The zero-order chi connectivity index (χ0) is 18.2. The van der Waals surface area contributed by atoms with Crippen LogP contribution >= 0.6 is 11.6 Å². The van der Waals surface area contributed by atoms with E-state index in [0.29, 0.717) is 24.1 Å². The molecule has 0 fully saturated rings. The van der Waals surface area contributed by atoms with Gasteiger partial charge in [0.1, 0.15) is 12.4 Å². The Kier molecular flexibility index (Phi) is 6.63. The first-order valence-corrected chi connectivity index (χ1v) is 9.05. The second kappa shape index (κ2) is 9.36. The minimum Gasteiger partial charge on any atom is -0.489 e. The number of benzene rings is 1. The molecule has 0 radical (unpaired) electrons. The number of halogens is 1. The number of hydrogen-bond acceptors (Lipinski definition) is 4. The lowest BCUT2D eigenvalue weighted by Gasteiger charge is -2.16. The summed E-state index contributed by atoms with van der Waals surface area (Å²) in [4.78, 5) is 8.19. The van der Waals surface area contributed by atoms with Gasteiger partial charge in [-0.1, -0.05) is 24.6 Å². The topological polar surface area (TPSA) is 52.0 Å². The number of aromatic nitrogens is 3. The van der Waals surface area contributed by atoms with Gasteiger partial charge in [0, 0.05) is 54.0 Å². The standard InChI is InChI=1S/C20H23ClN4O/c1-16(13-25-8-7-23-15-25)10-24-12-18-9-19(21)4-5-20(18)26-14-17-3-2-6-22-11-17/h2-9,11,15-16,24H,10,12-14H2,1H3/t16-/m1/s1. The largest absolute Gasteiger partial charge is 0.489 e. The van der Waals surface area contributed by atoms with E-state index in [1.165, 1.54) is 0 Å². The third-order valence-electron chi connectivity index (χ3n) is 4.03. The molecule has 0 aliphatic rings. The first kappa shape index (κ1) is 18.4. The molecule has 0 bridgehead atoms. The molecule has 0 saturated heterocycles. The molecule has 0 amide bonds. The van der Waals surface area contributed by atoms with Crippen molar-refractivity contribution in [2.75, 3.05) is 6.54 Å². The smallest absolute Gasteiger partial charge is 0.124 e. The molecule has 1 aromatic carbocycles. The van der Waals surface area contributed by atoms with Gasteiger partial charge in [0.2, 0.25) is 0 Å². The van der Waals surface area contributed by atoms with Gasteiger partial charge in [0.15, 0.2) is 0 Å². The van der Waals surface area contributed by atoms with Gasteiger partial charge in [0.25, 0.3) is 0 Å². The molecule has 3 rings (SSSR count). The van der Waals surface area contributed by atoms with E-state index in [4.69, 9.17) is 16.3 Å². The molecule has 0 spiro atoms. The van der Waals surface area contributed by atoms with Gasteiger partial charge < -0.3 is 14.6 Å². The van der Waals surface area contributed by atoms with Crippen LogP contribution in [0.3, 0.4) is 0 Å². The third-order valence-corrected chi connectivity index (χ3v) is 4.26. The van der Waals surface area contributed by atoms with Crippen molar-refractivity contribution in [1.82, 2.24) is 19.9 Å². The average Bonchev–Trinajstić information content (AvgIpc) is 3.15. The normalized spacial score (nSPS) is 12.1. The van der Waals surface area contributed by atoms with E-state index in [-0.39, 0.29) is 0 Å². The van der Waals surface area contributed by atoms with Crippen molar-refractivity contribution in [2.24, 2.45) is 5.92 Å². The SMILES string of the molecule is C[C@H](CNCc1cc(Cl)ccc1OCc1cccnc1)Cn1ccnc1. The maximum Gasteiger partial charge on any atom is 0.124 e. The average molecular weight is 371 g/mol. The zero-order valence-electron chi connectivity index (χ0n) is 14.8. The van der Waals surface area contributed by atoms with Crippen LogP contribution in [0.25, 0.3) is 0 Å². The zero-order valence-corrected chi connectivity index (χ0v) is 15.6. The summed E-state index contributed by atoms with van der Waals surface area (Å²) in [5, 5.41) is 4.21. The molecular weight excluding hydrogens is 348 g/mol. The molecule has 0 unspecified atom stereocenters. The summed E-state index contributed by atoms with van der Waals surface area (Å²) in [5.41, 5.74) is 2.09. The van der Waals surface area contributed by atoms with E-state index in [1.807, 2.05) is 49.1 Å². The van der Waals surface area contributed by atoms with Gasteiger partial charge >= 0.3 is 0 Å². The van der Waals surface area contributed by atoms with Crippen LogP contribution in [0.15, 0.2) is 61.4 Å². The Bertz CT molecular complexity index is 793. The number of imidazole rings is 1. The van der Waals surface area contributed by atoms with Gasteiger partial charge in [-0.15, -0.1) is 0 Å². The molecule has 26 heavy (non-hydrogen) atoms. The second-order valence-electron chi connectivity index (χ2n) is 6.40. The molecule has 6 heteroatoms. The summed E-state index contributed by atoms with van der Waals surface area (Å²) in [6.45, 7) is 5.24. The summed E-state index contributed by atoms with van der Waals surface area (Å²) >= 11 is 6.17.